The third-order valence-corrected chi connectivity index (χ3v) is 3.02. The van der Waals surface area contributed by atoms with Crippen LogP contribution in [0.2, 0.25) is 0 Å². The van der Waals surface area contributed by atoms with E-state index in [1.165, 1.54) is 0 Å². The smallest absolute Gasteiger partial charge is 0.305 e. The highest BCUT2D eigenvalue weighted by molar-refractivity contribution is 5.93. The molecule has 0 saturated heterocycles. The molecule has 0 aromatic carbocycles. The number of hydrogen-bond donors (Lipinski definition) is 3. The molecule has 1 heterocycles. The minimum atomic E-state index is -0.869. The summed E-state index contributed by atoms with van der Waals surface area (Å²) in [6.07, 6.45) is 4.12. The molecule has 5 nitrogen and oxygen atoms in total. The van der Waals surface area contributed by atoms with Crippen molar-refractivity contribution < 1.29 is 14.7 Å². The van der Waals surface area contributed by atoms with Crippen LogP contribution in [0, 0.1) is 0 Å². The first-order chi connectivity index (χ1) is 7.61. The Morgan fingerprint density at radius 1 is 1.50 bits per heavy atom. The standard InChI is InChI=1S/C11H14N2O3/c14-9(15)7-11(4-2-5-11)13-10(16)8-3-1-6-12-8/h1,3,6,12H,2,4-5,7H2,(H,13,16)(H,14,15). The predicted molar refractivity (Wildman–Crippen MR) is 57.1 cm³/mol. The minimum Gasteiger partial charge on any atom is -0.481 e. The number of rotatable bonds is 4. The number of H-pyrrole nitrogens is 1. The van der Waals surface area contributed by atoms with Crippen LogP contribution in [-0.2, 0) is 4.79 Å². The van der Waals surface area contributed by atoms with Crippen LogP contribution in [0.15, 0.2) is 18.3 Å². The van der Waals surface area contributed by atoms with E-state index in [-0.39, 0.29) is 12.3 Å². The number of hydrogen-bond acceptors (Lipinski definition) is 2. The average molecular weight is 222 g/mol. The molecule has 0 spiro atoms. The molecule has 1 fully saturated rings. The summed E-state index contributed by atoms with van der Waals surface area (Å²) in [6.45, 7) is 0. The van der Waals surface area contributed by atoms with Crippen molar-refractivity contribution in [2.75, 3.05) is 0 Å². The van der Waals surface area contributed by atoms with Gasteiger partial charge in [0, 0.05) is 6.20 Å². The highest BCUT2D eigenvalue weighted by Crippen LogP contribution is 2.35. The molecule has 16 heavy (non-hydrogen) atoms. The lowest BCUT2D eigenvalue weighted by Crippen LogP contribution is -2.54. The first-order valence-corrected chi connectivity index (χ1v) is 5.29. The second-order valence-electron chi connectivity index (χ2n) is 4.24. The number of carboxylic acid groups (broad SMARTS) is 1. The van der Waals surface area contributed by atoms with Crippen molar-refractivity contribution in [1.82, 2.24) is 10.3 Å². The predicted octanol–water partition coefficient (Wildman–Crippen LogP) is 1.14. The van der Waals surface area contributed by atoms with Gasteiger partial charge in [0.15, 0.2) is 0 Å². The fourth-order valence-electron chi connectivity index (χ4n) is 2.02. The van der Waals surface area contributed by atoms with Crippen LogP contribution >= 0.6 is 0 Å². The first kappa shape index (κ1) is 10.7. The van der Waals surface area contributed by atoms with Gasteiger partial charge < -0.3 is 15.4 Å². The zero-order valence-electron chi connectivity index (χ0n) is 8.82. The lowest BCUT2D eigenvalue weighted by molar-refractivity contribution is -0.139. The second-order valence-corrected chi connectivity index (χ2v) is 4.24. The Morgan fingerprint density at radius 3 is 2.69 bits per heavy atom. The summed E-state index contributed by atoms with van der Waals surface area (Å²) in [7, 11) is 0. The molecule has 0 bridgehead atoms. The molecule has 86 valence electrons. The van der Waals surface area contributed by atoms with Crippen LogP contribution in [0.4, 0.5) is 0 Å². The number of amides is 1. The number of carbonyl (C=O) groups excluding carboxylic acids is 1. The van der Waals surface area contributed by atoms with E-state index in [9.17, 15) is 9.59 Å². The van der Waals surface area contributed by atoms with Gasteiger partial charge in [-0.2, -0.15) is 0 Å². The van der Waals surface area contributed by atoms with Gasteiger partial charge in [0.05, 0.1) is 12.0 Å². The maximum atomic E-state index is 11.8. The number of aromatic amines is 1. The number of aliphatic carboxylic acids is 1. The number of nitrogens with one attached hydrogen (secondary N) is 2. The third-order valence-electron chi connectivity index (χ3n) is 3.02. The SMILES string of the molecule is O=C(O)CC1(NC(=O)c2ccc[nH]2)CCC1. The number of aromatic nitrogens is 1. The maximum absolute atomic E-state index is 11.8. The van der Waals surface area contributed by atoms with E-state index in [0.29, 0.717) is 5.69 Å². The van der Waals surface area contributed by atoms with E-state index < -0.39 is 11.5 Å². The molecule has 3 N–H and O–H groups in total. The van der Waals surface area contributed by atoms with Crippen molar-refractivity contribution in [1.29, 1.82) is 0 Å². The van der Waals surface area contributed by atoms with Crippen LogP contribution in [0.3, 0.4) is 0 Å². The van der Waals surface area contributed by atoms with Crippen molar-refractivity contribution in [2.24, 2.45) is 0 Å². The largest absolute Gasteiger partial charge is 0.481 e. The normalized spacial score (nSPS) is 17.5. The van der Waals surface area contributed by atoms with E-state index in [4.69, 9.17) is 5.11 Å². The highest BCUT2D eigenvalue weighted by Gasteiger charge is 2.40. The van der Waals surface area contributed by atoms with Crippen LogP contribution in [-0.4, -0.2) is 27.5 Å². The summed E-state index contributed by atoms with van der Waals surface area (Å²) in [4.78, 5) is 25.3. The summed E-state index contributed by atoms with van der Waals surface area (Å²) in [6, 6.07) is 3.40. The molecule has 1 aromatic heterocycles. The first-order valence-electron chi connectivity index (χ1n) is 5.29. The lowest BCUT2D eigenvalue weighted by Gasteiger charge is -2.41. The van der Waals surface area contributed by atoms with Crippen molar-refractivity contribution in [3.63, 3.8) is 0 Å². The van der Waals surface area contributed by atoms with Gasteiger partial charge in [-0.25, -0.2) is 0 Å². The monoisotopic (exact) mass is 222 g/mol. The van der Waals surface area contributed by atoms with Crippen LogP contribution in [0.25, 0.3) is 0 Å². The zero-order chi connectivity index (χ0) is 11.6. The van der Waals surface area contributed by atoms with Gasteiger partial charge in [0.1, 0.15) is 5.69 Å². The van der Waals surface area contributed by atoms with Gasteiger partial charge in [-0.3, -0.25) is 9.59 Å². The Labute approximate surface area is 92.9 Å². The van der Waals surface area contributed by atoms with Crippen LogP contribution in [0.5, 0.6) is 0 Å². The Balaban J connectivity index is 2.02. The van der Waals surface area contributed by atoms with Crippen LogP contribution in [0.1, 0.15) is 36.2 Å². The maximum Gasteiger partial charge on any atom is 0.305 e. The Bertz CT molecular complexity index is 393. The van der Waals surface area contributed by atoms with E-state index in [1.54, 1.807) is 18.3 Å². The van der Waals surface area contributed by atoms with Gasteiger partial charge in [-0.05, 0) is 31.4 Å². The minimum absolute atomic E-state index is 0.000547. The third kappa shape index (κ3) is 2.08. The summed E-state index contributed by atoms with van der Waals surface area (Å²) in [5, 5.41) is 11.6. The van der Waals surface area contributed by atoms with E-state index >= 15 is 0 Å². The highest BCUT2D eigenvalue weighted by atomic mass is 16.4. The van der Waals surface area contributed by atoms with Gasteiger partial charge in [-0.1, -0.05) is 0 Å². The van der Waals surface area contributed by atoms with Crippen molar-refractivity contribution in [3.05, 3.63) is 24.0 Å². The Morgan fingerprint density at radius 2 is 2.25 bits per heavy atom. The van der Waals surface area contributed by atoms with Crippen molar-refractivity contribution >= 4 is 11.9 Å². The van der Waals surface area contributed by atoms with Gasteiger partial charge in [0.25, 0.3) is 5.91 Å². The van der Waals surface area contributed by atoms with Crippen molar-refractivity contribution in [2.45, 2.75) is 31.2 Å². The van der Waals surface area contributed by atoms with Crippen LogP contribution < -0.4 is 5.32 Å². The Hall–Kier alpha value is -1.78. The quantitative estimate of drug-likeness (QED) is 0.714. The van der Waals surface area contributed by atoms with Gasteiger partial charge in [0.2, 0.25) is 0 Å². The molecular formula is C11H14N2O3. The molecular weight excluding hydrogens is 208 g/mol. The molecule has 1 aliphatic rings. The average Bonchev–Trinajstić information content (AvgIpc) is 2.66. The van der Waals surface area contributed by atoms with E-state index in [1.807, 2.05) is 0 Å². The zero-order valence-corrected chi connectivity index (χ0v) is 8.82. The molecule has 1 aliphatic carbocycles. The second kappa shape index (κ2) is 4.00. The molecule has 0 unspecified atom stereocenters. The number of carbonyl (C=O) groups is 2. The van der Waals surface area contributed by atoms with E-state index in [0.717, 1.165) is 19.3 Å². The molecule has 0 aliphatic heterocycles. The summed E-state index contributed by atoms with van der Waals surface area (Å²) in [5.41, 5.74) is -0.0646. The lowest BCUT2D eigenvalue weighted by atomic mass is 9.74. The van der Waals surface area contributed by atoms with Crippen molar-refractivity contribution in [3.8, 4) is 0 Å². The number of carboxylic acids is 1. The van der Waals surface area contributed by atoms with Gasteiger partial charge in [-0.15, -0.1) is 0 Å². The molecule has 0 atom stereocenters. The van der Waals surface area contributed by atoms with Gasteiger partial charge >= 0.3 is 5.97 Å². The topological polar surface area (TPSA) is 82.2 Å². The molecule has 1 amide bonds. The summed E-state index contributed by atoms with van der Waals surface area (Å²) >= 11 is 0. The molecule has 1 aromatic rings. The molecule has 0 radical (unpaired) electrons. The van der Waals surface area contributed by atoms with E-state index in [2.05, 4.69) is 10.3 Å². The molecule has 1 saturated carbocycles. The fraction of sp³-hybridized carbons (Fsp3) is 0.455. The fourth-order valence-corrected chi connectivity index (χ4v) is 2.02. The summed E-state index contributed by atoms with van der Waals surface area (Å²) in [5.74, 6) is -1.10. The molecule has 2 rings (SSSR count). The Kier molecular flexibility index (Phi) is 2.68. The summed E-state index contributed by atoms with van der Waals surface area (Å²) < 4.78 is 0. The molecule has 5 heteroatoms.